The van der Waals surface area contributed by atoms with Crippen molar-refractivity contribution >= 4 is 5.82 Å². The highest BCUT2D eigenvalue weighted by molar-refractivity contribution is 5.34. The minimum atomic E-state index is 0.450. The largest absolute Gasteiger partial charge is 0.436 e. The molecule has 0 fully saturated rings. The molecule has 0 aliphatic rings. The molecule has 1 N–H and O–H groups in total. The van der Waals surface area contributed by atoms with Crippen LogP contribution in [0, 0.1) is 0 Å². The van der Waals surface area contributed by atoms with Gasteiger partial charge in [-0.1, -0.05) is 0 Å². The molecule has 0 bridgehead atoms. The molecule has 2 rings (SSSR count). The first kappa shape index (κ1) is 10.4. The van der Waals surface area contributed by atoms with Crippen LogP contribution in [0.1, 0.15) is 6.92 Å². The van der Waals surface area contributed by atoms with E-state index in [1.807, 2.05) is 13.0 Å². The minimum absolute atomic E-state index is 0.450. The number of aromatic nitrogens is 3. The lowest BCUT2D eigenvalue weighted by atomic mass is 10.5. The maximum absolute atomic E-state index is 5.49. The molecule has 0 atom stereocenters. The second-order valence-corrected chi connectivity index (χ2v) is 3.06. The Balaban J connectivity index is 2.12. The summed E-state index contributed by atoms with van der Waals surface area (Å²) in [5.41, 5.74) is 0. The van der Waals surface area contributed by atoms with Gasteiger partial charge in [0.15, 0.2) is 0 Å². The average molecular weight is 216 g/mol. The van der Waals surface area contributed by atoms with Gasteiger partial charge in [0.2, 0.25) is 5.88 Å². The van der Waals surface area contributed by atoms with Crippen LogP contribution in [-0.2, 0) is 0 Å². The molecule has 0 amide bonds. The summed E-state index contributed by atoms with van der Waals surface area (Å²) in [5.74, 6) is 1.79. The molecule has 0 aromatic carbocycles. The summed E-state index contributed by atoms with van der Waals surface area (Å²) in [6.45, 7) is 2.79. The Hall–Kier alpha value is -2.17. The highest BCUT2D eigenvalue weighted by Gasteiger charge is 2.00. The summed E-state index contributed by atoms with van der Waals surface area (Å²) in [4.78, 5) is 12.2. The molecule has 82 valence electrons. The lowest BCUT2D eigenvalue weighted by molar-refractivity contribution is 0.459. The third-order valence-electron chi connectivity index (χ3n) is 1.83. The van der Waals surface area contributed by atoms with Crippen molar-refractivity contribution in [3.8, 4) is 11.6 Å². The predicted molar refractivity (Wildman–Crippen MR) is 60.5 cm³/mol. The van der Waals surface area contributed by atoms with Crippen LogP contribution in [0.2, 0.25) is 0 Å². The van der Waals surface area contributed by atoms with E-state index in [0.717, 1.165) is 6.54 Å². The van der Waals surface area contributed by atoms with E-state index in [9.17, 15) is 0 Å². The molecule has 2 heterocycles. The highest BCUT2D eigenvalue weighted by atomic mass is 16.5. The van der Waals surface area contributed by atoms with Gasteiger partial charge in [-0.2, -0.15) is 4.98 Å². The third-order valence-corrected chi connectivity index (χ3v) is 1.83. The minimum Gasteiger partial charge on any atom is -0.436 e. The Kier molecular flexibility index (Phi) is 3.28. The highest BCUT2D eigenvalue weighted by Crippen LogP contribution is 2.17. The predicted octanol–water partition coefficient (Wildman–Crippen LogP) is 2.10. The summed E-state index contributed by atoms with van der Waals surface area (Å²) >= 11 is 0. The number of nitrogens with zero attached hydrogens (tertiary/aromatic N) is 3. The van der Waals surface area contributed by atoms with E-state index in [1.54, 1.807) is 30.9 Å². The summed E-state index contributed by atoms with van der Waals surface area (Å²) in [5, 5.41) is 3.06. The smallest absolute Gasteiger partial charge is 0.239 e. The van der Waals surface area contributed by atoms with Gasteiger partial charge >= 0.3 is 0 Å². The molecule has 5 heteroatoms. The van der Waals surface area contributed by atoms with Crippen LogP contribution in [0.4, 0.5) is 5.82 Å². The zero-order valence-electron chi connectivity index (χ0n) is 8.92. The van der Waals surface area contributed by atoms with E-state index in [0.29, 0.717) is 17.4 Å². The van der Waals surface area contributed by atoms with Crippen LogP contribution in [0.3, 0.4) is 0 Å². The van der Waals surface area contributed by atoms with Crippen LogP contribution >= 0.6 is 0 Å². The van der Waals surface area contributed by atoms with Crippen molar-refractivity contribution in [1.29, 1.82) is 0 Å². The van der Waals surface area contributed by atoms with Crippen molar-refractivity contribution in [3.05, 3.63) is 36.9 Å². The fourth-order valence-electron chi connectivity index (χ4n) is 1.19. The van der Waals surface area contributed by atoms with Gasteiger partial charge in [0.25, 0.3) is 0 Å². The first-order valence-corrected chi connectivity index (χ1v) is 5.02. The molecular formula is C11H12N4O. The molecular weight excluding hydrogens is 204 g/mol. The molecule has 2 aromatic heterocycles. The lowest BCUT2D eigenvalue weighted by Gasteiger charge is -2.05. The van der Waals surface area contributed by atoms with E-state index >= 15 is 0 Å². The van der Waals surface area contributed by atoms with E-state index in [4.69, 9.17) is 4.74 Å². The standard InChI is InChI=1S/C11H12N4O/c1-2-14-10-7-13-8-11(15-10)16-9-4-3-5-12-6-9/h3-8H,2H2,1H3,(H,14,15). The van der Waals surface area contributed by atoms with Gasteiger partial charge < -0.3 is 10.1 Å². The molecule has 0 spiro atoms. The van der Waals surface area contributed by atoms with Gasteiger partial charge in [-0.15, -0.1) is 0 Å². The van der Waals surface area contributed by atoms with Crippen LogP contribution in [0.5, 0.6) is 11.6 Å². The van der Waals surface area contributed by atoms with E-state index in [1.165, 1.54) is 0 Å². The number of ether oxygens (including phenoxy) is 1. The Morgan fingerprint density at radius 3 is 2.94 bits per heavy atom. The quantitative estimate of drug-likeness (QED) is 0.848. The van der Waals surface area contributed by atoms with Crippen molar-refractivity contribution in [2.45, 2.75) is 6.92 Å². The molecule has 0 radical (unpaired) electrons. The molecule has 16 heavy (non-hydrogen) atoms. The number of nitrogens with one attached hydrogen (secondary N) is 1. The Labute approximate surface area is 93.5 Å². The topological polar surface area (TPSA) is 59.9 Å². The normalized spacial score (nSPS) is 9.81. The summed E-state index contributed by atoms with van der Waals surface area (Å²) in [6, 6.07) is 3.62. The van der Waals surface area contributed by atoms with Crippen molar-refractivity contribution < 1.29 is 4.74 Å². The molecule has 0 aliphatic heterocycles. The summed E-state index contributed by atoms with van der Waals surface area (Å²) in [6.07, 6.45) is 6.53. The van der Waals surface area contributed by atoms with E-state index in [-0.39, 0.29) is 0 Å². The first-order chi connectivity index (χ1) is 7.88. The van der Waals surface area contributed by atoms with Crippen LogP contribution in [0.15, 0.2) is 36.9 Å². The van der Waals surface area contributed by atoms with Crippen molar-refractivity contribution in [2.75, 3.05) is 11.9 Å². The molecule has 0 aliphatic carbocycles. The summed E-state index contributed by atoms with van der Waals surface area (Å²) < 4.78 is 5.49. The maximum Gasteiger partial charge on any atom is 0.239 e. The molecule has 0 saturated carbocycles. The average Bonchev–Trinajstić information content (AvgIpc) is 2.31. The summed E-state index contributed by atoms with van der Waals surface area (Å²) in [7, 11) is 0. The van der Waals surface area contributed by atoms with Gasteiger partial charge in [-0.3, -0.25) is 9.97 Å². The molecule has 5 nitrogen and oxygen atoms in total. The van der Waals surface area contributed by atoms with Crippen LogP contribution < -0.4 is 10.1 Å². The number of rotatable bonds is 4. The number of pyridine rings is 1. The van der Waals surface area contributed by atoms with E-state index in [2.05, 4.69) is 20.3 Å². The molecule has 0 unspecified atom stereocenters. The van der Waals surface area contributed by atoms with Crippen molar-refractivity contribution in [1.82, 2.24) is 15.0 Å². The Bertz CT molecular complexity index is 447. The third kappa shape index (κ3) is 2.66. The van der Waals surface area contributed by atoms with Gasteiger partial charge in [0.1, 0.15) is 11.6 Å². The number of hydrogen-bond acceptors (Lipinski definition) is 5. The van der Waals surface area contributed by atoms with Gasteiger partial charge in [-0.25, -0.2) is 0 Å². The maximum atomic E-state index is 5.49. The van der Waals surface area contributed by atoms with Crippen LogP contribution in [-0.4, -0.2) is 21.5 Å². The Morgan fingerprint density at radius 1 is 1.25 bits per heavy atom. The van der Waals surface area contributed by atoms with Crippen molar-refractivity contribution in [2.24, 2.45) is 0 Å². The number of hydrogen-bond donors (Lipinski definition) is 1. The fourth-order valence-corrected chi connectivity index (χ4v) is 1.19. The zero-order chi connectivity index (χ0) is 11.2. The van der Waals surface area contributed by atoms with Gasteiger partial charge in [-0.05, 0) is 19.1 Å². The molecule has 2 aromatic rings. The van der Waals surface area contributed by atoms with E-state index < -0.39 is 0 Å². The first-order valence-electron chi connectivity index (χ1n) is 5.02. The lowest BCUT2D eigenvalue weighted by Crippen LogP contribution is -2.00. The van der Waals surface area contributed by atoms with Crippen LogP contribution in [0.25, 0.3) is 0 Å². The SMILES string of the molecule is CCNc1cncc(Oc2cccnc2)n1. The van der Waals surface area contributed by atoms with Gasteiger partial charge in [0, 0.05) is 12.7 Å². The Morgan fingerprint density at radius 2 is 2.19 bits per heavy atom. The zero-order valence-corrected chi connectivity index (χ0v) is 8.92. The second-order valence-electron chi connectivity index (χ2n) is 3.06. The number of anilines is 1. The second kappa shape index (κ2) is 5.06. The molecule has 0 saturated heterocycles. The fraction of sp³-hybridized carbons (Fsp3) is 0.182. The van der Waals surface area contributed by atoms with Crippen molar-refractivity contribution in [3.63, 3.8) is 0 Å². The monoisotopic (exact) mass is 216 g/mol. The van der Waals surface area contributed by atoms with Gasteiger partial charge in [0.05, 0.1) is 18.6 Å².